The predicted molar refractivity (Wildman–Crippen MR) is 76.2 cm³/mol. The summed E-state index contributed by atoms with van der Waals surface area (Å²) in [5, 5.41) is 3.55. The average Bonchev–Trinajstić information content (AvgIpc) is 2.36. The lowest BCUT2D eigenvalue weighted by atomic mass is 10.2. The molecular formula is C15H16ClN2O+. The summed E-state index contributed by atoms with van der Waals surface area (Å²) in [7, 11) is 0. The van der Waals surface area contributed by atoms with Crippen LogP contribution in [0.5, 0.6) is 0 Å². The summed E-state index contributed by atoms with van der Waals surface area (Å²) in [5.41, 5.74) is 2.92. The van der Waals surface area contributed by atoms with E-state index >= 15 is 0 Å². The number of pyridine rings is 1. The Hall–Kier alpha value is -1.87. The van der Waals surface area contributed by atoms with Gasteiger partial charge in [0.15, 0.2) is 12.4 Å². The van der Waals surface area contributed by atoms with Gasteiger partial charge in [0.1, 0.15) is 0 Å². The van der Waals surface area contributed by atoms with Crippen molar-refractivity contribution in [3.63, 3.8) is 0 Å². The first kappa shape index (κ1) is 13.6. The number of nitrogens with one attached hydrogen (secondary N) is 1. The van der Waals surface area contributed by atoms with Gasteiger partial charge in [-0.15, -0.1) is 0 Å². The number of hydrogen-bond acceptors (Lipinski definition) is 1. The van der Waals surface area contributed by atoms with Crippen LogP contribution in [-0.4, -0.2) is 5.91 Å². The summed E-state index contributed by atoms with van der Waals surface area (Å²) < 4.78 is 1.84. The summed E-state index contributed by atoms with van der Waals surface area (Å²) in [6, 6.07) is 9.36. The van der Waals surface area contributed by atoms with E-state index in [1.54, 1.807) is 6.07 Å². The quantitative estimate of drug-likeness (QED) is 0.859. The molecule has 0 spiro atoms. The van der Waals surface area contributed by atoms with Crippen molar-refractivity contribution in [2.45, 2.75) is 20.4 Å². The number of hydrogen-bond donors (Lipinski definition) is 1. The molecule has 1 aromatic carbocycles. The lowest BCUT2D eigenvalue weighted by Gasteiger charge is -2.07. The van der Waals surface area contributed by atoms with Crippen LogP contribution < -0.4 is 9.88 Å². The molecule has 4 heteroatoms. The van der Waals surface area contributed by atoms with E-state index in [9.17, 15) is 4.79 Å². The molecule has 2 rings (SSSR count). The molecule has 0 saturated heterocycles. The Labute approximate surface area is 117 Å². The van der Waals surface area contributed by atoms with Crippen molar-refractivity contribution >= 4 is 23.2 Å². The molecule has 0 fully saturated rings. The Morgan fingerprint density at radius 2 is 1.89 bits per heavy atom. The number of aryl methyl sites for hydroxylation is 2. The van der Waals surface area contributed by atoms with Crippen LogP contribution in [0, 0.1) is 13.8 Å². The molecule has 0 bridgehead atoms. The van der Waals surface area contributed by atoms with Gasteiger partial charge in [0, 0.05) is 22.8 Å². The SMILES string of the molecule is Cc1cc[n+](CC(=O)Nc2ccc(Cl)cc2C)cc1. The van der Waals surface area contributed by atoms with Gasteiger partial charge < -0.3 is 5.32 Å². The maximum absolute atomic E-state index is 11.9. The minimum Gasteiger partial charge on any atom is -0.320 e. The molecule has 1 aromatic heterocycles. The number of carbonyl (C=O) groups excluding carboxylic acids is 1. The Bertz CT molecular complexity index is 594. The molecular weight excluding hydrogens is 260 g/mol. The standard InChI is InChI=1S/C15H15ClN2O/c1-11-5-7-18(8-6-11)10-15(19)17-14-4-3-13(16)9-12(14)2/h3-9H,10H2,1-2H3/p+1. The topological polar surface area (TPSA) is 33.0 Å². The monoisotopic (exact) mass is 275 g/mol. The van der Waals surface area contributed by atoms with E-state index in [2.05, 4.69) is 5.32 Å². The van der Waals surface area contributed by atoms with Gasteiger partial charge in [0.05, 0.1) is 0 Å². The fourth-order valence-electron chi connectivity index (χ4n) is 1.76. The molecule has 3 nitrogen and oxygen atoms in total. The zero-order chi connectivity index (χ0) is 13.8. The van der Waals surface area contributed by atoms with E-state index in [1.165, 1.54) is 5.56 Å². The second-order valence-electron chi connectivity index (χ2n) is 4.56. The molecule has 0 radical (unpaired) electrons. The summed E-state index contributed by atoms with van der Waals surface area (Å²) in [5.74, 6) is -0.0562. The Morgan fingerprint density at radius 3 is 2.53 bits per heavy atom. The molecule has 1 N–H and O–H groups in total. The highest BCUT2D eigenvalue weighted by atomic mass is 35.5. The maximum Gasteiger partial charge on any atom is 0.290 e. The van der Waals surface area contributed by atoms with E-state index in [-0.39, 0.29) is 5.91 Å². The Kier molecular flexibility index (Phi) is 4.17. The van der Waals surface area contributed by atoms with Gasteiger partial charge in [0.25, 0.3) is 5.91 Å². The minimum atomic E-state index is -0.0562. The second-order valence-corrected chi connectivity index (χ2v) is 4.99. The predicted octanol–water partition coefficient (Wildman–Crippen LogP) is 2.88. The fraction of sp³-hybridized carbons (Fsp3) is 0.200. The van der Waals surface area contributed by atoms with Crippen molar-refractivity contribution in [1.29, 1.82) is 0 Å². The number of amides is 1. The molecule has 0 aliphatic carbocycles. The van der Waals surface area contributed by atoms with Gasteiger partial charge in [-0.25, -0.2) is 0 Å². The Morgan fingerprint density at radius 1 is 1.21 bits per heavy atom. The van der Waals surface area contributed by atoms with Crippen LogP contribution in [0.1, 0.15) is 11.1 Å². The molecule has 0 aliphatic rings. The number of benzene rings is 1. The zero-order valence-corrected chi connectivity index (χ0v) is 11.7. The van der Waals surface area contributed by atoms with Crippen LogP contribution in [0.15, 0.2) is 42.7 Å². The fourth-order valence-corrected chi connectivity index (χ4v) is 1.99. The Balaban J connectivity index is 2.03. The van der Waals surface area contributed by atoms with Crippen LogP contribution in [0.4, 0.5) is 5.69 Å². The van der Waals surface area contributed by atoms with Gasteiger partial charge in [-0.2, -0.15) is 4.57 Å². The van der Waals surface area contributed by atoms with Crippen molar-refractivity contribution in [3.05, 3.63) is 58.9 Å². The first-order valence-electron chi connectivity index (χ1n) is 6.06. The molecule has 0 atom stereocenters. The molecule has 0 saturated carbocycles. The largest absolute Gasteiger partial charge is 0.320 e. The van der Waals surface area contributed by atoms with Crippen LogP contribution in [0.3, 0.4) is 0 Å². The molecule has 0 unspecified atom stereocenters. The van der Waals surface area contributed by atoms with Crippen LogP contribution in [0.25, 0.3) is 0 Å². The molecule has 1 amide bonds. The number of halogens is 1. The van der Waals surface area contributed by atoms with Gasteiger partial charge in [0.2, 0.25) is 6.54 Å². The van der Waals surface area contributed by atoms with Crippen LogP contribution >= 0.6 is 11.6 Å². The van der Waals surface area contributed by atoms with Gasteiger partial charge in [-0.1, -0.05) is 11.6 Å². The van der Waals surface area contributed by atoms with E-state index in [4.69, 9.17) is 11.6 Å². The van der Waals surface area contributed by atoms with Crippen molar-refractivity contribution in [2.24, 2.45) is 0 Å². The first-order valence-corrected chi connectivity index (χ1v) is 6.44. The molecule has 98 valence electrons. The number of anilines is 1. The van der Waals surface area contributed by atoms with Crippen molar-refractivity contribution in [3.8, 4) is 0 Å². The lowest BCUT2D eigenvalue weighted by molar-refractivity contribution is -0.684. The minimum absolute atomic E-state index is 0.0562. The van der Waals surface area contributed by atoms with E-state index in [1.807, 2.05) is 55.1 Å². The van der Waals surface area contributed by atoms with Gasteiger partial charge in [-0.3, -0.25) is 4.79 Å². The smallest absolute Gasteiger partial charge is 0.290 e. The number of carbonyl (C=O) groups is 1. The highest BCUT2D eigenvalue weighted by Crippen LogP contribution is 2.19. The van der Waals surface area contributed by atoms with Crippen LogP contribution in [-0.2, 0) is 11.3 Å². The molecule has 0 aliphatic heterocycles. The first-order chi connectivity index (χ1) is 9.04. The third kappa shape index (κ3) is 3.80. The number of nitrogens with zero attached hydrogens (tertiary/aromatic N) is 1. The third-order valence-corrected chi connectivity index (χ3v) is 3.08. The van der Waals surface area contributed by atoms with Crippen molar-refractivity contribution in [1.82, 2.24) is 0 Å². The summed E-state index contributed by atoms with van der Waals surface area (Å²) in [4.78, 5) is 11.9. The van der Waals surface area contributed by atoms with Crippen molar-refractivity contribution in [2.75, 3.05) is 5.32 Å². The maximum atomic E-state index is 11.9. The van der Waals surface area contributed by atoms with E-state index < -0.39 is 0 Å². The molecule has 2 aromatic rings. The average molecular weight is 276 g/mol. The lowest BCUT2D eigenvalue weighted by Crippen LogP contribution is -2.39. The van der Waals surface area contributed by atoms with Crippen LogP contribution in [0.2, 0.25) is 5.02 Å². The summed E-state index contributed by atoms with van der Waals surface area (Å²) in [6.45, 7) is 4.23. The number of rotatable bonds is 3. The highest BCUT2D eigenvalue weighted by Gasteiger charge is 2.10. The highest BCUT2D eigenvalue weighted by molar-refractivity contribution is 6.30. The zero-order valence-electron chi connectivity index (χ0n) is 11.0. The van der Waals surface area contributed by atoms with Crippen molar-refractivity contribution < 1.29 is 9.36 Å². The van der Waals surface area contributed by atoms with E-state index in [0.717, 1.165) is 11.3 Å². The summed E-state index contributed by atoms with van der Waals surface area (Å²) in [6.07, 6.45) is 3.78. The number of aromatic nitrogens is 1. The summed E-state index contributed by atoms with van der Waals surface area (Å²) >= 11 is 5.88. The molecule has 19 heavy (non-hydrogen) atoms. The van der Waals surface area contributed by atoms with Gasteiger partial charge in [-0.05, 0) is 43.2 Å². The normalized spacial score (nSPS) is 10.3. The van der Waals surface area contributed by atoms with Gasteiger partial charge >= 0.3 is 0 Å². The third-order valence-electron chi connectivity index (χ3n) is 2.85. The second kappa shape index (κ2) is 5.85. The van der Waals surface area contributed by atoms with E-state index in [0.29, 0.717) is 11.6 Å². The molecule has 1 heterocycles.